The second-order valence-corrected chi connectivity index (χ2v) is 5.76. The van der Waals surface area contributed by atoms with Gasteiger partial charge in [-0.2, -0.15) is 0 Å². The van der Waals surface area contributed by atoms with E-state index < -0.39 is 11.2 Å². The van der Waals surface area contributed by atoms with E-state index in [-0.39, 0.29) is 28.9 Å². The number of nitrogens with one attached hydrogen (secondary N) is 1. The number of carbonyl (C=O) groups excluding carboxylic acids is 1. The largest absolute Gasteiger partial charge is 0.378 e. The Kier molecular flexibility index (Phi) is 3.69. The number of ketones is 1. The first kappa shape index (κ1) is 14.7. The third kappa shape index (κ3) is 2.14. The normalized spacial score (nSPS) is 24.2. The molecule has 0 bridgehead atoms. The molecule has 110 valence electrons. The minimum atomic E-state index is -0.519. The summed E-state index contributed by atoms with van der Waals surface area (Å²) in [5.41, 5.74) is -1.30. The number of H-pyrrole nitrogens is 1. The monoisotopic (exact) mass is 280 g/mol. The molecule has 0 saturated heterocycles. The van der Waals surface area contributed by atoms with Gasteiger partial charge in [0, 0.05) is 18.2 Å². The van der Waals surface area contributed by atoms with Gasteiger partial charge in [-0.25, -0.2) is 4.79 Å². The predicted molar refractivity (Wildman–Crippen MR) is 74.2 cm³/mol. The van der Waals surface area contributed by atoms with Crippen LogP contribution in [0.15, 0.2) is 15.8 Å². The fourth-order valence-corrected chi connectivity index (χ4v) is 2.81. The van der Waals surface area contributed by atoms with Crippen LogP contribution in [0.4, 0.5) is 0 Å². The first-order chi connectivity index (χ1) is 9.30. The van der Waals surface area contributed by atoms with Crippen LogP contribution in [0.1, 0.15) is 50.5 Å². The number of nitrogens with zero attached hydrogens (tertiary/aromatic N) is 1. The molecular formula is C14H20N2O4. The predicted octanol–water partition coefficient (Wildman–Crippen LogP) is 1.12. The highest BCUT2D eigenvalue weighted by Gasteiger charge is 2.51. The van der Waals surface area contributed by atoms with Crippen LogP contribution in [-0.2, 0) is 4.74 Å². The van der Waals surface area contributed by atoms with Gasteiger partial charge in [0.15, 0.2) is 5.78 Å². The van der Waals surface area contributed by atoms with Crippen LogP contribution in [0.25, 0.3) is 0 Å². The number of hydrogen-bond acceptors (Lipinski definition) is 4. The highest BCUT2D eigenvalue weighted by Crippen LogP contribution is 2.50. The van der Waals surface area contributed by atoms with Gasteiger partial charge in [-0.05, 0) is 20.3 Å². The average molecular weight is 280 g/mol. The molecule has 1 fully saturated rings. The maximum Gasteiger partial charge on any atom is 0.328 e. The number of aromatic amines is 1. The molecule has 1 aliphatic rings. The van der Waals surface area contributed by atoms with E-state index in [1.807, 2.05) is 20.8 Å². The van der Waals surface area contributed by atoms with Crippen molar-refractivity contribution in [3.8, 4) is 0 Å². The quantitative estimate of drug-likeness (QED) is 0.838. The molecule has 0 aliphatic heterocycles. The van der Waals surface area contributed by atoms with Crippen LogP contribution in [0, 0.1) is 5.41 Å². The molecular weight excluding hydrogens is 260 g/mol. The first-order valence-electron chi connectivity index (χ1n) is 6.77. The molecule has 1 aromatic heterocycles. The van der Waals surface area contributed by atoms with Crippen LogP contribution >= 0.6 is 0 Å². The number of Topliss-reactive ketones (excluding diaryl/α,β-unsaturated/α-hetero) is 1. The highest BCUT2D eigenvalue weighted by atomic mass is 16.5. The summed E-state index contributed by atoms with van der Waals surface area (Å²) in [6, 6.07) is -0.255. The number of aromatic nitrogens is 2. The van der Waals surface area contributed by atoms with Gasteiger partial charge in [0.25, 0.3) is 5.56 Å². The van der Waals surface area contributed by atoms with Gasteiger partial charge in [-0.1, -0.05) is 13.8 Å². The lowest BCUT2D eigenvalue weighted by Gasteiger charge is -2.51. The summed E-state index contributed by atoms with van der Waals surface area (Å²) in [7, 11) is 0. The molecule has 1 saturated carbocycles. The van der Waals surface area contributed by atoms with Crippen molar-refractivity contribution in [1.82, 2.24) is 9.55 Å². The van der Waals surface area contributed by atoms with Crippen molar-refractivity contribution in [2.24, 2.45) is 5.41 Å². The minimum absolute atomic E-state index is 0.0141. The third-order valence-electron chi connectivity index (χ3n) is 4.19. The summed E-state index contributed by atoms with van der Waals surface area (Å²) in [6.07, 6.45) is 1.81. The van der Waals surface area contributed by atoms with Crippen LogP contribution in [0.3, 0.4) is 0 Å². The van der Waals surface area contributed by atoms with Crippen molar-refractivity contribution in [3.63, 3.8) is 0 Å². The number of carbonyl (C=O) groups is 1. The molecule has 2 rings (SSSR count). The highest BCUT2D eigenvalue weighted by molar-refractivity contribution is 5.93. The SMILES string of the molecule is CCOC1CC(n2c(=O)[nH]cc(C(C)=O)c2=O)C1(C)C. The van der Waals surface area contributed by atoms with Crippen molar-refractivity contribution < 1.29 is 9.53 Å². The summed E-state index contributed by atoms with van der Waals surface area (Å²) < 4.78 is 6.77. The Bertz CT molecular complexity index is 641. The van der Waals surface area contributed by atoms with Crippen molar-refractivity contribution in [2.75, 3.05) is 6.61 Å². The van der Waals surface area contributed by atoms with E-state index in [0.29, 0.717) is 13.0 Å². The van der Waals surface area contributed by atoms with E-state index in [4.69, 9.17) is 4.74 Å². The van der Waals surface area contributed by atoms with Gasteiger partial charge >= 0.3 is 5.69 Å². The van der Waals surface area contributed by atoms with Crippen LogP contribution < -0.4 is 11.2 Å². The molecule has 0 amide bonds. The Labute approximate surface area is 116 Å². The smallest absolute Gasteiger partial charge is 0.328 e. The Morgan fingerprint density at radius 3 is 2.65 bits per heavy atom. The van der Waals surface area contributed by atoms with Crippen LogP contribution in [0.5, 0.6) is 0 Å². The number of ether oxygens (including phenoxy) is 1. The Hall–Kier alpha value is -1.69. The van der Waals surface area contributed by atoms with Crippen LogP contribution in [-0.4, -0.2) is 28.0 Å². The molecule has 1 aromatic rings. The lowest BCUT2D eigenvalue weighted by atomic mass is 9.64. The van der Waals surface area contributed by atoms with Gasteiger partial charge in [0.05, 0.1) is 17.7 Å². The van der Waals surface area contributed by atoms with Crippen molar-refractivity contribution >= 4 is 5.78 Å². The average Bonchev–Trinajstić information content (AvgIpc) is 2.36. The maximum atomic E-state index is 12.3. The van der Waals surface area contributed by atoms with Crippen LogP contribution in [0.2, 0.25) is 0 Å². The zero-order valence-electron chi connectivity index (χ0n) is 12.2. The van der Waals surface area contributed by atoms with Gasteiger partial charge in [0.1, 0.15) is 0 Å². The number of hydrogen-bond donors (Lipinski definition) is 1. The van der Waals surface area contributed by atoms with Crippen molar-refractivity contribution in [1.29, 1.82) is 0 Å². The summed E-state index contributed by atoms with van der Waals surface area (Å²) in [6.45, 7) is 7.76. The van der Waals surface area contributed by atoms with E-state index in [1.54, 1.807) is 0 Å². The fraction of sp³-hybridized carbons (Fsp3) is 0.643. The third-order valence-corrected chi connectivity index (χ3v) is 4.19. The van der Waals surface area contributed by atoms with E-state index in [9.17, 15) is 14.4 Å². The molecule has 0 spiro atoms. The Balaban J connectivity index is 2.46. The Morgan fingerprint density at radius 2 is 2.15 bits per heavy atom. The second-order valence-electron chi connectivity index (χ2n) is 5.76. The zero-order valence-corrected chi connectivity index (χ0v) is 12.2. The molecule has 6 heteroatoms. The second kappa shape index (κ2) is 5.01. The summed E-state index contributed by atoms with van der Waals surface area (Å²) >= 11 is 0. The van der Waals surface area contributed by atoms with E-state index in [0.717, 1.165) is 4.57 Å². The van der Waals surface area contributed by atoms with Gasteiger partial charge in [-0.15, -0.1) is 0 Å². The molecule has 1 aliphatic carbocycles. The summed E-state index contributed by atoms with van der Waals surface area (Å²) in [5.74, 6) is -0.349. The standard InChI is InChI=1S/C14H20N2O4/c1-5-20-11-6-10(14(11,3)4)16-12(18)9(8(2)17)7-15-13(16)19/h7,10-11H,5-6H2,1-4H3,(H,15,19). The van der Waals surface area contributed by atoms with E-state index >= 15 is 0 Å². The topological polar surface area (TPSA) is 81.2 Å². The molecule has 2 atom stereocenters. The van der Waals surface area contributed by atoms with Gasteiger partial charge < -0.3 is 9.72 Å². The summed E-state index contributed by atoms with van der Waals surface area (Å²) in [5, 5.41) is 0. The van der Waals surface area contributed by atoms with E-state index in [1.165, 1.54) is 13.1 Å². The van der Waals surface area contributed by atoms with Crippen molar-refractivity contribution in [2.45, 2.75) is 46.3 Å². The first-order valence-corrected chi connectivity index (χ1v) is 6.77. The zero-order chi connectivity index (χ0) is 15.1. The lowest BCUT2D eigenvalue weighted by Crippen LogP contribution is -2.57. The van der Waals surface area contributed by atoms with Gasteiger partial charge in [-0.3, -0.25) is 14.2 Å². The maximum absolute atomic E-state index is 12.3. The number of rotatable bonds is 4. The van der Waals surface area contributed by atoms with Crippen molar-refractivity contribution in [3.05, 3.63) is 32.6 Å². The van der Waals surface area contributed by atoms with E-state index in [2.05, 4.69) is 4.98 Å². The molecule has 20 heavy (non-hydrogen) atoms. The lowest BCUT2D eigenvalue weighted by molar-refractivity contribution is -0.129. The summed E-state index contributed by atoms with van der Waals surface area (Å²) in [4.78, 5) is 38.2. The fourth-order valence-electron chi connectivity index (χ4n) is 2.81. The molecule has 0 radical (unpaired) electrons. The molecule has 1 N–H and O–H groups in total. The molecule has 6 nitrogen and oxygen atoms in total. The minimum Gasteiger partial charge on any atom is -0.378 e. The molecule has 2 unspecified atom stereocenters. The Morgan fingerprint density at radius 1 is 1.50 bits per heavy atom. The van der Waals surface area contributed by atoms with Gasteiger partial charge in [0.2, 0.25) is 0 Å². The molecule has 1 heterocycles. The molecule has 0 aromatic carbocycles.